The number of hydrogen-bond acceptors (Lipinski definition) is 3. The first-order chi connectivity index (χ1) is 12.7. The summed E-state index contributed by atoms with van der Waals surface area (Å²) in [6.07, 6.45) is -4.41. The van der Waals surface area contributed by atoms with Gasteiger partial charge in [-0.25, -0.2) is 0 Å². The van der Waals surface area contributed by atoms with Crippen molar-refractivity contribution in [2.24, 2.45) is 0 Å². The second-order valence-corrected chi connectivity index (χ2v) is 6.43. The van der Waals surface area contributed by atoms with E-state index in [4.69, 9.17) is 4.74 Å². The third-order valence-electron chi connectivity index (χ3n) is 4.17. The van der Waals surface area contributed by atoms with Crippen molar-refractivity contribution < 1.29 is 22.7 Å². The van der Waals surface area contributed by atoms with Gasteiger partial charge in [0.25, 0.3) is 0 Å². The summed E-state index contributed by atoms with van der Waals surface area (Å²) in [5.41, 5.74) is 0.422. The minimum Gasteiger partial charge on any atom is -0.497 e. The molecule has 27 heavy (non-hydrogen) atoms. The molecule has 0 heterocycles. The number of methoxy groups -OCH3 is 1. The van der Waals surface area contributed by atoms with Crippen molar-refractivity contribution in [2.45, 2.75) is 19.3 Å². The number of halogens is 3. The SMILES string of the molecule is COc1ccc(CN(C)C(=O)CN(C)Cc2ccccc2C(F)(F)F)cc1. The fraction of sp³-hybridized carbons (Fsp3) is 0.350. The van der Waals surface area contributed by atoms with E-state index in [-0.39, 0.29) is 24.6 Å². The third-order valence-corrected chi connectivity index (χ3v) is 4.17. The smallest absolute Gasteiger partial charge is 0.416 e. The largest absolute Gasteiger partial charge is 0.497 e. The van der Waals surface area contributed by atoms with Gasteiger partial charge in [-0.15, -0.1) is 0 Å². The van der Waals surface area contributed by atoms with Crippen LogP contribution in [0.3, 0.4) is 0 Å². The minimum atomic E-state index is -4.41. The number of ether oxygens (including phenoxy) is 1. The van der Waals surface area contributed by atoms with Crippen molar-refractivity contribution in [3.05, 3.63) is 65.2 Å². The molecule has 2 aromatic carbocycles. The highest BCUT2D eigenvalue weighted by atomic mass is 19.4. The summed E-state index contributed by atoms with van der Waals surface area (Å²) in [5.74, 6) is 0.564. The van der Waals surface area contributed by atoms with Crippen LogP contribution in [0.2, 0.25) is 0 Å². The average Bonchev–Trinajstić information content (AvgIpc) is 2.61. The lowest BCUT2D eigenvalue weighted by Crippen LogP contribution is -2.36. The molecule has 146 valence electrons. The van der Waals surface area contributed by atoms with Crippen LogP contribution < -0.4 is 4.74 Å². The van der Waals surface area contributed by atoms with E-state index in [1.807, 2.05) is 24.3 Å². The lowest BCUT2D eigenvalue weighted by Gasteiger charge is -2.23. The van der Waals surface area contributed by atoms with Crippen LogP contribution in [0.15, 0.2) is 48.5 Å². The van der Waals surface area contributed by atoms with Gasteiger partial charge in [-0.2, -0.15) is 13.2 Å². The number of alkyl halides is 3. The molecule has 7 heteroatoms. The van der Waals surface area contributed by atoms with Crippen LogP contribution in [0.1, 0.15) is 16.7 Å². The van der Waals surface area contributed by atoms with Crippen molar-refractivity contribution in [1.82, 2.24) is 9.80 Å². The molecule has 0 bridgehead atoms. The number of rotatable bonds is 7. The van der Waals surface area contributed by atoms with E-state index in [1.165, 1.54) is 12.1 Å². The van der Waals surface area contributed by atoms with Gasteiger partial charge in [-0.05, 0) is 36.4 Å². The van der Waals surface area contributed by atoms with E-state index in [0.29, 0.717) is 6.54 Å². The maximum Gasteiger partial charge on any atom is 0.416 e. The molecule has 0 saturated heterocycles. The Kier molecular flexibility index (Phi) is 6.85. The van der Waals surface area contributed by atoms with Crippen molar-refractivity contribution in [3.63, 3.8) is 0 Å². The van der Waals surface area contributed by atoms with Gasteiger partial charge in [0.15, 0.2) is 0 Å². The van der Waals surface area contributed by atoms with E-state index in [1.54, 1.807) is 37.1 Å². The molecule has 0 N–H and O–H groups in total. The van der Waals surface area contributed by atoms with Crippen molar-refractivity contribution in [3.8, 4) is 5.75 Å². The van der Waals surface area contributed by atoms with E-state index < -0.39 is 11.7 Å². The molecule has 0 unspecified atom stereocenters. The molecule has 2 aromatic rings. The lowest BCUT2D eigenvalue weighted by atomic mass is 10.1. The Balaban J connectivity index is 1.95. The Morgan fingerprint density at radius 3 is 2.22 bits per heavy atom. The molecule has 0 radical (unpaired) electrons. The highest BCUT2D eigenvalue weighted by Crippen LogP contribution is 2.32. The molecular formula is C20H23F3N2O2. The Hall–Kier alpha value is -2.54. The highest BCUT2D eigenvalue weighted by Gasteiger charge is 2.33. The van der Waals surface area contributed by atoms with Gasteiger partial charge in [0.1, 0.15) is 5.75 Å². The molecule has 0 aliphatic heterocycles. The van der Waals surface area contributed by atoms with Crippen LogP contribution in [0.25, 0.3) is 0 Å². The second-order valence-electron chi connectivity index (χ2n) is 6.43. The zero-order valence-corrected chi connectivity index (χ0v) is 15.6. The standard InChI is InChI=1S/C20H23F3N2O2/c1-24(13-16-6-4-5-7-18(16)20(21,22)23)14-19(26)25(2)12-15-8-10-17(27-3)11-9-15/h4-11H,12-14H2,1-3H3. The molecule has 0 fully saturated rings. The molecule has 4 nitrogen and oxygen atoms in total. The van der Waals surface area contributed by atoms with Crippen LogP contribution in [-0.4, -0.2) is 43.5 Å². The normalized spacial score (nSPS) is 11.5. The first-order valence-electron chi connectivity index (χ1n) is 8.41. The Morgan fingerprint density at radius 2 is 1.63 bits per heavy atom. The minimum absolute atomic E-state index is 0.0266. The summed E-state index contributed by atoms with van der Waals surface area (Å²) in [6, 6.07) is 12.8. The molecule has 0 aliphatic rings. The van der Waals surface area contributed by atoms with Crippen LogP contribution >= 0.6 is 0 Å². The molecule has 2 rings (SSSR count). The summed E-state index contributed by atoms with van der Waals surface area (Å²) in [4.78, 5) is 15.5. The summed E-state index contributed by atoms with van der Waals surface area (Å²) >= 11 is 0. The second kappa shape index (κ2) is 8.90. The van der Waals surface area contributed by atoms with E-state index >= 15 is 0 Å². The quantitative estimate of drug-likeness (QED) is 0.732. The first-order valence-corrected chi connectivity index (χ1v) is 8.41. The fourth-order valence-corrected chi connectivity index (χ4v) is 2.73. The van der Waals surface area contributed by atoms with Gasteiger partial charge in [0.05, 0.1) is 19.2 Å². The fourth-order valence-electron chi connectivity index (χ4n) is 2.73. The molecule has 0 atom stereocenters. The van der Waals surface area contributed by atoms with E-state index in [9.17, 15) is 18.0 Å². The van der Waals surface area contributed by atoms with Crippen LogP contribution in [0, 0.1) is 0 Å². The Labute approximate surface area is 157 Å². The van der Waals surface area contributed by atoms with Gasteiger partial charge in [0.2, 0.25) is 5.91 Å². The molecule has 0 spiro atoms. The lowest BCUT2D eigenvalue weighted by molar-refractivity contribution is -0.138. The van der Waals surface area contributed by atoms with E-state index in [2.05, 4.69) is 0 Å². The van der Waals surface area contributed by atoms with Gasteiger partial charge < -0.3 is 9.64 Å². The zero-order chi connectivity index (χ0) is 20.0. The molecule has 0 saturated carbocycles. The summed E-state index contributed by atoms with van der Waals surface area (Å²) in [5, 5.41) is 0. The maximum absolute atomic E-state index is 13.1. The van der Waals surface area contributed by atoms with Crippen LogP contribution in [0.5, 0.6) is 5.75 Å². The monoisotopic (exact) mass is 380 g/mol. The topological polar surface area (TPSA) is 32.8 Å². The summed E-state index contributed by atoms with van der Waals surface area (Å²) in [6.45, 7) is 0.479. The van der Waals surface area contributed by atoms with E-state index in [0.717, 1.165) is 17.4 Å². The summed E-state index contributed by atoms with van der Waals surface area (Å²) in [7, 11) is 4.88. The Bertz CT molecular complexity index is 761. The first kappa shape index (κ1) is 20.8. The number of carbonyl (C=O) groups excluding carboxylic acids is 1. The van der Waals surface area contributed by atoms with Crippen LogP contribution in [0.4, 0.5) is 13.2 Å². The van der Waals surface area contributed by atoms with Gasteiger partial charge in [0, 0.05) is 20.1 Å². The third kappa shape index (κ3) is 5.99. The zero-order valence-electron chi connectivity index (χ0n) is 15.6. The van der Waals surface area contributed by atoms with Gasteiger partial charge in [-0.3, -0.25) is 9.69 Å². The van der Waals surface area contributed by atoms with Crippen LogP contribution in [-0.2, 0) is 24.1 Å². The Morgan fingerprint density at radius 1 is 1.00 bits per heavy atom. The maximum atomic E-state index is 13.1. The molecule has 0 aliphatic carbocycles. The average molecular weight is 380 g/mol. The number of nitrogens with zero attached hydrogens (tertiary/aromatic N) is 2. The summed E-state index contributed by atoms with van der Waals surface area (Å²) < 4.78 is 44.3. The number of likely N-dealkylation sites (N-methyl/N-ethyl adjacent to an activating group) is 2. The number of carbonyl (C=O) groups is 1. The number of hydrogen-bond donors (Lipinski definition) is 0. The van der Waals surface area contributed by atoms with Crippen molar-refractivity contribution in [1.29, 1.82) is 0 Å². The molecular weight excluding hydrogens is 357 g/mol. The van der Waals surface area contributed by atoms with Crippen molar-refractivity contribution in [2.75, 3.05) is 27.7 Å². The number of benzene rings is 2. The van der Waals surface area contributed by atoms with Gasteiger partial charge >= 0.3 is 6.18 Å². The predicted octanol–water partition coefficient (Wildman–Crippen LogP) is 3.80. The highest BCUT2D eigenvalue weighted by molar-refractivity contribution is 5.78. The molecule has 1 amide bonds. The number of amides is 1. The molecule has 0 aromatic heterocycles. The van der Waals surface area contributed by atoms with Gasteiger partial charge in [-0.1, -0.05) is 30.3 Å². The van der Waals surface area contributed by atoms with Crippen molar-refractivity contribution >= 4 is 5.91 Å². The predicted molar refractivity (Wildman–Crippen MR) is 97.2 cm³/mol.